The molecule has 1 aromatic heterocycles. The number of aromatic nitrogens is 2. The molecule has 2 N–H and O–H groups in total. The van der Waals surface area contributed by atoms with Crippen LogP contribution in [0.25, 0.3) is 0 Å². The van der Waals surface area contributed by atoms with Crippen LogP contribution >= 0.6 is 0 Å². The number of likely N-dealkylation sites (N-methyl/N-ethyl adjacent to an activating group) is 1. The number of hydrogen-bond acceptors (Lipinski definition) is 5. The maximum absolute atomic E-state index is 11.5. The molecule has 0 spiro atoms. The van der Waals surface area contributed by atoms with Crippen LogP contribution in [0.3, 0.4) is 0 Å². The van der Waals surface area contributed by atoms with E-state index in [1.165, 1.54) is 38.5 Å². The van der Waals surface area contributed by atoms with Crippen molar-refractivity contribution in [2.45, 2.75) is 76.5 Å². The van der Waals surface area contributed by atoms with Gasteiger partial charge in [0.2, 0.25) is 0 Å². The molecule has 2 aliphatic rings. The SMILES string of the molecule is CCCCN(C)C[C@H]1O[C@H](CN[C@H](C=O)Cc2cnc[nH]2)CC2CCCCC21. The Balaban J connectivity index is 1.54. The second kappa shape index (κ2) is 11.1. The van der Waals surface area contributed by atoms with Gasteiger partial charge in [-0.25, -0.2) is 4.98 Å². The summed E-state index contributed by atoms with van der Waals surface area (Å²) in [6.45, 7) is 5.17. The molecule has 5 atom stereocenters. The van der Waals surface area contributed by atoms with Crippen LogP contribution in [-0.2, 0) is 16.0 Å². The van der Waals surface area contributed by atoms with Crippen LogP contribution in [0.15, 0.2) is 12.5 Å². The number of rotatable bonds is 11. The van der Waals surface area contributed by atoms with Crippen LogP contribution in [0.5, 0.6) is 0 Å². The van der Waals surface area contributed by atoms with E-state index in [9.17, 15) is 4.79 Å². The molecule has 0 radical (unpaired) electrons. The molecule has 6 heteroatoms. The maximum atomic E-state index is 11.5. The van der Waals surface area contributed by atoms with E-state index in [0.29, 0.717) is 18.4 Å². The summed E-state index contributed by atoms with van der Waals surface area (Å²) < 4.78 is 6.60. The molecule has 6 nitrogen and oxygen atoms in total. The number of carbonyl (C=O) groups is 1. The zero-order valence-electron chi connectivity index (χ0n) is 17.6. The molecule has 0 aromatic carbocycles. The standard InChI is InChI=1S/C22H38N4O2/c1-3-4-9-26(2)14-22-21-8-6-5-7-17(21)10-20(28-22)13-24-19(15-27)11-18-12-23-16-25-18/h12,15-17,19-22,24H,3-11,13-14H2,1-2H3,(H,23,25)/t17?,19-,20-,21?,22+/m0/s1. The van der Waals surface area contributed by atoms with Crippen molar-refractivity contribution >= 4 is 6.29 Å². The lowest BCUT2D eigenvalue weighted by Crippen LogP contribution is -2.51. The van der Waals surface area contributed by atoms with E-state index >= 15 is 0 Å². The number of aromatic amines is 1. The Bertz CT molecular complexity index is 565. The van der Waals surface area contributed by atoms with Gasteiger partial charge in [-0.2, -0.15) is 0 Å². The first-order chi connectivity index (χ1) is 13.7. The van der Waals surface area contributed by atoms with E-state index in [4.69, 9.17) is 4.74 Å². The van der Waals surface area contributed by atoms with Crippen molar-refractivity contribution in [1.29, 1.82) is 0 Å². The molecule has 1 aromatic rings. The summed E-state index contributed by atoms with van der Waals surface area (Å²) in [6, 6.07) is -0.196. The summed E-state index contributed by atoms with van der Waals surface area (Å²) in [5.74, 6) is 1.49. The first-order valence-corrected chi connectivity index (χ1v) is 11.2. The summed E-state index contributed by atoms with van der Waals surface area (Å²) in [5, 5.41) is 3.43. The van der Waals surface area contributed by atoms with Crippen molar-refractivity contribution in [3.63, 3.8) is 0 Å². The topological polar surface area (TPSA) is 70.2 Å². The molecule has 0 bridgehead atoms. The zero-order chi connectivity index (χ0) is 19.8. The molecular formula is C22H38N4O2. The number of carbonyl (C=O) groups excluding carboxylic acids is 1. The number of hydrogen-bond donors (Lipinski definition) is 2. The summed E-state index contributed by atoms with van der Waals surface area (Å²) in [6.07, 6.45) is 14.6. The summed E-state index contributed by atoms with van der Waals surface area (Å²) in [7, 11) is 2.23. The van der Waals surface area contributed by atoms with Crippen molar-refractivity contribution in [2.24, 2.45) is 11.8 Å². The molecule has 2 heterocycles. The van der Waals surface area contributed by atoms with Crippen molar-refractivity contribution in [2.75, 3.05) is 26.7 Å². The second-order valence-corrected chi connectivity index (χ2v) is 8.79. The Labute approximate surface area is 169 Å². The molecule has 3 rings (SSSR count). The quantitative estimate of drug-likeness (QED) is 0.569. The van der Waals surface area contributed by atoms with Gasteiger partial charge in [0, 0.05) is 31.4 Å². The minimum Gasteiger partial charge on any atom is -0.372 e. The number of nitrogens with one attached hydrogen (secondary N) is 2. The monoisotopic (exact) mass is 390 g/mol. The highest BCUT2D eigenvalue weighted by Gasteiger charge is 2.40. The van der Waals surface area contributed by atoms with Gasteiger partial charge >= 0.3 is 0 Å². The molecule has 158 valence electrons. The van der Waals surface area contributed by atoms with Gasteiger partial charge in [0.1, 0.15) is 6.29 Å². The number of nitrogens with zero attached hydrogens (tertiary/aromatic N) is 2. The van der Waals surface area contributed by atoms with Gasteiger partial charge in [-0.1, -0.05) is 26.2 Å². The van der Waals surface area contributed by atoms with E-state index in [0.717, 1.165) is 44.0 Å². The fourth-order valence-electron chi connectivity index (χ4n) is 4.98. The molecule has 1 saturated carbocycles. The van der Waals surface area contributed by atoms with Gasteiger partial charge in [-0.15, -0.1) is 0 Å². The normalized spacial score (nSPS) is 28.8. The van der Waals surface area contributed by atoms with Gasteiger partial charge in [0.15, 0.2) is 0 Å². The molecule has 28 heavy (non-hydrogen) atoms. The van der Waals surface area contributed by atoms with Crippen LogP contribution in [0.2, 0.25) is 0 Å². The van der Waals surface area contributed by atoms with Crippen LogP contribution in [0.4, 0.5) is 0 Å². The third kappa shape index (κ3) is 6.13. The van der Waals surface area contributed by atoms with Crippen molar-refractivity contribution < 1.29 is 9.53 Å². The molecule has 0 amide bonds. The number of imidazole rings is 1. The predicted molar refractivity (Wildman–Crippen MR) is 111 cm³/mol. The number of ether oxygens (including phenoxy) is 1. The lowest BCUT2D eigenvalue weighted by molar-refractivity contribution is -0.127. The molecule has 2 fully saturated rings. The Morgan fingerprint density at radius 1 is 1.43 bits per heavy atom. The van der Waals surface area contributed by atoms with Gasteiger partial charge in [0.25, 0.3) is 0 Å². The largest absolute Gasteiger partial charge is 0.372 e. The second-order valence-electron chi connectivity index (χ2n) is 8.79. The van der Waals surface area contributed by atoms with Gasteiger partial charge in [0.05, 0.1) is 24.6 Å². The fraction of sp³-hybridized carbons (Fsp3) is 0.818. The predicted octanol–water partition coefficient (Wildman–Crippen LogP) is 2.81. The number of unbranched alkanes of at least 4 members (excludes halogenated alkanes) is 1. The van der Waals surface area contributed by atoms with Crippen LogP contribution in [-0.4, -0.2) is 66.1 Å². The minimum atomic E-state index is -0.196. The number of fused-ring (bicyclic) bond motifs is 1. The van der Waals surface area contributed by atoms with Crippen LogP contribution in [0, 0.1) is 11.8 Å². The van der Waals surface area contributed by atoms with Gasteiger partial charge in [-0.3, -0.25) is 0 Å². The first kappa shape index (κ1) is 21.5. The highest BCUT2D eigenvalue weighted by atomic mass is 16.5. The van der Waals surface area contributed by atoms with E-state index in [1.807, 2.05) is 0 Å². The Hall–Kier alpha value is -1.24. The van der Waals surface area contributed by atoms with E-state index in [-0.39, 0.29) is 12.1 Å². The van der Waals surface area contributed by atoms with Crippen molar-refractivity contribution in [3.05, 3.63) is 18.2 Å². The van der Waals surface area contributed by atoms with E-state index < -0.39 is 0 Å². The highest BCUT2D eigenvalue weighted by Crippen LogP contribution is 2.41. The zero-order valence-corrected chi connectivity index (χ0v) is 17.6. The average molecular weight is 391 g/mol. The lowest BCUT2D eigenvalue weighted by Gasteiger charge is -2.46. The fourth-order valence-corrected chi connectivity index (χ4v) is 4.98. The van der Waals surface area contributed by atoms with E-state index in [1.54, 1.807) is 12.5 Å². The maximum Gasteiger partial charge on any atom is 0.137 e. The Kier molecular flexibility index (Phi) is 8.49. The van der Waals surface area contributed by atoms with E-state index in [2.05, 4.69) is 34.2 Å². The first-order valence-electron chi connectivity index (χ1n) is 11.2. The lowest BCUT2D eigenvalue weighted by atomic mass is 9.71. The molecule has 1 aliphatic carbocycles. The third-order valence-corrected chi connectivity index (χ3v) is 6.53. The Morgan fingerprint density at radius 3 is 3.04 bits per heavy atom. The highest BCUT2D eigenvalue weighted by molar-refractivity contribution is 5.58. The van der Waals surface area contributed by atoms with Crippen LogP contribution in [0.1, 0.15) is 57.6 Å². The average Bonchev–Trinajstić information content (AvgIpc) is 3.22. The smallest absolute Gasteiger partial charge is 0.137 e. The van der Waals surface area contributed by atoms with Crippen molar-refractivity contribution in [3.8, 4) is 0 Å². The van der Waals surface area contributed by atoms with Gasteiger partial charge in [-0.05, 0) is 51.1 Å². The minimum absolute atomic E-state index is 0.196. The van der Waals surface area contributed by atoms with Crippen molar-refractivity contribution in [1.82, 2.24) is 20.2 Å². The molecular weight excluding hydrogens is 352 g/mol. The third-order valence-electron chi connectivity index (χ3n) is 6.53. The summed E-state index contributed by atoms with van der Waals surface area (Å²) in [4.78, 5) is 21.1. The summed E-state index contributed by atoms with van der Waals surface area (Å²) >= 11 is 0. The Morgan fingerprint density at radius 2 is 2.29 bits per heavy atom. The van der Waals surface area contributed by atoms with Crippen LogP contribution < -0.4 is 5.32 Å². The summed E-state index contributed by atoms with van der Waals surface area (Å²) in [5.41, 5.74) is 0.983. The number of H-pyrrole nitrogens is 1. The molecule has 1 saturated heterocycles. The number of aldehydes is 1. The van der Waals surface area contributed by atoms with Gasteiger partial charge < -0.3 is 24.7 Å². The molecule has 2 unspecified atom stereocenters. The molecule has 1 aliphatic heterocycles.